The predicted octanol–water partition coefficient (Wildman–Crippen LogP) is 4.80. The number of benzene rings is 3. The molecule has 0 aliphatic heterocycles. The maximum Gasteiger partial charge on any atom is 0.241 e. The third-order valence-electron chi connectivity index (χ3n) is 5.62. The fourth-order valence-corrected chi connectivity index (χ4v) is 4.88. The smallest absolute Gasteiger partial charge is 0.241 e. The lowest BCUT2D eigenvalue weighted by molar-refractivity contribution is -0.121. The molecule has 0 radical (unpaired) electrons. The van der Waals surface area contributed by atoms with E-state index in [0.717, 1.165) is 24.0 Å². The van der Waals surface area contributed by atoms with Gasteiger partial charge in [-0.25, -0.2) is 13.1 Å². The van der Waals surface area contributed by atoms with Crippen molar-refractivity contribution in [1.29, 1.82) is 0 Å². The summed E-state index contributed by atoms with van der Waals surface area (Å²) in [6.45, 7) is 3.84. The number of nitrogens with one attached hydrogen (secondary N) is 2. The summed E-state index contributed by atoms with van der Waals surface area (Å²) < 4.78 is 28.1. The highest BCUT2D eigenvalue weighted by molar-refractivity contribution is 7.89. The lowest BCUT2D eigenvalue weighted by Crippen LogP contribution is -2.33. The molecule has 0 bridgehead atoms. The summed E-state index contributed by atoms with van der Waals surface area (Å²) in [4.78, 5) is 12.5. The molecule has 0 unspecified atom stereocenters. The number of hydrogen-bond acceptors (Lipinski definition) is 3. The van der Waals surface area contributed by atoms with Gasteiger partial charge in [0, 0.05) is 18.5 Å². The molecular formula is C27H32N2O3S. The van der Waals surface area contributed by atoms with Gasteiger partial charge in [0.05, 0.1) is 4.90 Å². The Labute approximate surface area is 197 Å². The van der Waals surface area contributed by atoms with Crippen molar-refractivity contribution in [2.45, 2.75) is 56.5 Å². The van der Waals surface area contributed by atoms with Crippen LogP contribution in [-0.2, 0) is 27.7 Å². The molecular weight excluding hydrogens is 432 g/mol. The van der Waals surface area contributed by atoms with Crippen LogP contribution in [0.2, 0.25) is 0 Å². The third kappa shape index (κ3) is 7.84. The molecule has 3 rings (SSSR count). The summed E-state index contributed by atoms with van der Waals surface area (Å²) in [6.07, 6.45) is 2.74. The van der Waals surface area contributed by atoms with Crippen LogP contribution in [0.15, 0.2) is 89.8 Å². The standard InChI is InChI=1S/C27H32N2O3S/c1-21(13-14-23-9-5-3-6-10-23)28-27(30)20-17-24-15-18-26(19-16-24)33(31,32)29-22(2)25-11-7-4-8-12-25/h3-12,15-16,18-19,21-22,29H,13-14,17,20H2,1-2H3,(H,28,30)/t21-,22-/m1/s1. The van der Waals surface area contributed by atoms with Crippen LogP contribution in [0.5, 0.6) is 0 Å². The van der Waals surface area contributed by atoms with Crippen molar-refractivity contribution in [3.63, 3.8) is 0 Å². The van der Waals surface area contributed by atoms with Gasteiger partial charge < -0.3 is 5.32 Å². The molecule has 0 aliphatic rings. The van der Waals surface area contributed by atoms with Crippen LogP contribution in [0.1, 0.15) is 49.4 Å². The SMILES string of the molecule is C[C@H](CCc1ccccc1)NC(=O)CCc1ccc(S(=O)(=O)N[C@H](C)c2ccccc2)cc1. The number of carbonyl (C=O) groups excluding carboxylic acids is 1. The Morgan fingerprint density at radius 1 is 0.788 bits per heavy atom. The highest BCUT2D eigenvalue weighted by Gasteiger charge is 2.18. The Morgan fingerprint density at radius 2 is 1.36 bits per heavy atom. The van der Waals surface area contributed by atoms with E-state index in [9.17, 15) is 13.2 Å². The van der Waals surface area contributed by atoms with E-state index in [2.05, 4.69) is 22.2 Å². The van der Waals surface area contributed by atoms with E-state index >= 15 is 0 Å². The van der Waals surface area contributed by atoms with Crippen LogP contribution in [0, 0.1) is 0 Å². The maximum atomic E-state index is 12.7. The van der Waals surface area contributed by atoms with Crippen LogP contribution in [0.25, 0.3) is 0 Å². The molecule has 174 valence electrons. The van der Waals surface area contributed by atoms with E-state index in [0.29, 0.717) is 12.8 Å². The zero-order valence-corrected chi connectivity index (χ0v) is 20.0. The molecule has 2 atom stereocenters. The molecule has 3 aromatic carbocycles. The number of aryl methyl sites for hydroxylation is 2. The largest absolute Gasteiger partial charge is 0.354 e. The second-order valence-corrected chi connectivity index (χ2v) is 10.1. The lowest BCUT2D eigenvalue weighted by atomic mass is 10.1. The average molecular weight is 465 g/mol. The van der Waals surface area contributed by atoms with Crippen LogP contribution >= 0.6 is 0 Å². The highest BCUT2D eigenvalue weighted by Crippen LogP contribution is 2.17. The topological polar surface area (TPSA) is 75.3 Å². The van der Waals surface area contributed by atoms with Crippen molar-refractivity contribution in [3.05, 3.63) is 102 Å². The van der Waals surface area contributed by atoms with Gasteiger partial charge >= 0.3 is 0 Å². The maximum absolute atomic E-state index is 12.7. The third-order valence-corrected chi connectivity index (χ3v) is 7.18. The molecule has 0 aromatic heterocycles. The van der Waals surface area contributed by atoms with Crippen molar-refractivity contribution in [2.24, 2.45) is 0 Å². The van der Waals surface area contributed by atoms with E-state index in [-0.39, 0.29) is 22.9 Å². The normalized spacial score (nSPS) is 13.3. The summed E-state index contributed by atoms with van der Waals surface area (Å²) in [5.41, 5.74) is 3.10. The molecule has 6 heteroatoms. The first kappa shape index (κ1) is 24.7. The minimum absolute atomic E-state index is 0.00520. The second kappa shape index (κ2) is 11.8. The fraction of sp³-hybridized carbons (Fsp3) is 0.296. The number of amides is 1. The van der Waals surface area contributed by atoms with Crippen LogP contribution in [-0.4, -0.2) is 20.4 Å². The fourth-order valence-electron chi connectivity index (χ4n) is 3.65. The first-order valence-corrected chi connectivity index (χ1v) is 12.8. The molecule has 0 spiro atoms. The zero-order chi connectivity index (χ0) is 23.7. The molecule has 0 saturated heterocycles. The first-order valence-electron chi connectivity index (χ1n) is 11.3. The molecule has 33 heavy (non-hydrogen) atoms. The Morgan fingerprint density at radius 3 is 2.00 bits per heavy atom. The second-order valence-electron chi connectivity index (χ2n) is 8.39. The highest BCUT2D eigenvalue weighted by atomic mass is 32.2. The Bertz CT molecular complexity index is 1120. The van der Waals surface area contributed by atoms with Crippen molar-refractivity contribution in [2.75, 3.05) is 0 Å². The van der Waals surface area contributed by atoms with E-state index in [1.54, 1.807) is 24.3 Å². The van der Waals surface area contributed by atoms with Gasteiger partial charge in [0.2, 0.25) is 15.9 Å². The van der Waals surface area contributed by atoms with Gasteiger partial charge in [0.25, 0.3) is 0 Å². The Hall–Kier alpha value is -2.96. The lowest BCUT2D eigenvalue weighted by Gasteiger charge is -2.15. The molecule has 2 N–H and O–H groups in total. The molecule has 3 aromatic rings. The minimum atomic E-state index is -3.63. The monoisotopic (exact) mass is 464 g/mol. The van der Waals surface area contributed by atoms with Crippen molar-refractivity contribution in [3.8, 4) is 0 Å². The minimum Gasteiger partial charge on any atom is -0.354 e. The van der Waals surface area contributed by atoms with Gasteiger partial charge in [-0.15, -0.1) is 0 Å². The number of rotatable bonds is 11. The summed E-state index contributed by atoms with van der Waals surface area (Å²) in [7, 11) is -3.63. The molecule has 0 saturated carbocycles. The van der Waals surface area contributed by atoms with Gasteiger partial charge in [-0.2, -0.15) is 0 Å². The van der Waals surface area contributed by atoms with Gasteiger partial charge in [-0.05, 0) is 61.9 Å². The summed E-state index contributed by atoms with van der Waals surface area (Å²) in [5.74, 6) is 0.00520. The van der Waals surface area contributed by atoms with Crippen LogP contribution < -0.4 is 10.0 Å². The number of hydrogen-bond donors (Lipinski definition) is 2. The number of carbonyl (C=O) groups is 1. The molecule has 0 aliphatic carbocycles. The van der Waals surface area contributed by atoms with Crippen molar-refractivity contribution >= 4 is 15.9 Å². The first-order chi connectivity index (χ1) is 15.8. The molecule has 1 amide bonds. The van der Waals surface area contributed by atoms with Gasteiger partial charge in [0.1, 0.15) is 0 Å². The molecule has 0 heterocycles. The van der Waals surface area contributed by atoms with E-state index < -0.39 is 10.0 Å². The van der Waals surface area contributed by atoms with Crippen molar-refractivity contribution in [1.82, 2.24) is 10.0 Å². The zero-order valence-electron chi connectivity index (χ0n) is 19.2. The Balaban J connectivity index is 1.46. The van der Waals surface area contributed by atoms with Gasteiger partial charge in [-0.3, -0.25) is 4.79 Å². The summed E-state index contributed by atoms with van der Waals surface area (Å²) >= 11 is 0. The van der Waals surface area contributed by atoms with Crippen LogP contribution in [0.4, 0.5) is 0 Å². The van der Waals surface area contributed by atoms with E-state index in [1.807, 2.05) is 62.4 Å². The summed E-state index contributed by atoms with van der Waals surface area (Å²) in [6, 6.07) is 26.2. The predicted molar refractivity (Wildman–Crippen MR) is 132 cm³/mol. The van der Waals surface area contributed by atoms with E-state index in [4.69, 9.17) is 0 Å². The Kier molecular flexibility index (Phi) is 8.80. The van der Waals surface area contributed by atoms with E-state index in [1.165, 1.54) is 5.56 Å². The summed E-state index contributed by atoms with van der Waals surface area (Å²) in [5, 5.41) is 3.05. The average Bonchev–Trinajstić information content (AvgIpc) is 2.82. The van der Waals surface area contributed by atoms with Gasteiger partial charge in [-0.1, -0.05) is 72.8 Å². The molecule has 0 fully saturated rings. The van der Waals surface area contributed by atoms with Crippen molar-refractivity contribution < 1.29 is 13.2 Å². The molecule has 5 nitrogen and oxygen atoms in total. The quantitative estimate of drug-likeness (QED) is 0.428. The van der Waals surface area contributed by atoms with Crippen LogP contribution in [0.3, 0.4) is 0 Å². The van der Waals surface area contributed by atoms with Gasteiger partial charge in [0.15, 0.2) is 0 Å². The number of sulfonamides is 1.